The van der Waals surface area contributed by atoms with E-state index < -0.39 is 29.5 Å². The topological polar surface area (TPSA) is 69.7 Å². The fraction of sp³-hybridized carbons (Fsp3) is 0.692. The van der Waals surface area contributed by atoms with Crippen LogP contribution in [0.5, 0.6) is 0 Å². The number of aliphatic carboxylic acids is 1. The largest absolute Gasteiger partial charge is 0.550 e. The third-order valence-corrected chi connectivity index (χ3v) is 4.52. The molecule has 5 nitrogen and oxygen atoms in total. The molecule has 3 heterocycles. The van der Waals surface area contributed by atoms with E-state index in [9.17, 15) is 14.7 Å². The first-order valence-corrected chi connectivity index (χ1v) is 6.38. The number of fused-ring (bicyclic) bond motifs is 1. The molecule has 1 spiro atoms. The van der Waals surface area contributed by atoms with Crippen LogP contribution in [0, 0.1) is 11.8 Å². The highest BCUT2D eigenvalue weighted by Crippen LogP contribution is 2.52. The van der Waals surface area contributed by atoms with Crippen molar-refractivity contribution in [3.63, 3.8) is 0 Å². The lowest BCUT2D eigenvalue weighted by molar-refractivity contribution is -0.313. The van der Waals surface area contributed by atoms with Crippen molar-refractivity contribution in [2.75, 3.05) is 6.54 Å². The smallest absolute Gasteiger partial charge is 0.230 e. The van der Waals surface area contributed by atoms with E-state index in [1.54, 1.807) is 11.0 Å². The molecule has 0 aliphatic carbocycles. The van der Waals surface area contributed by atoms with Crippen molar-refractivity contribution < 1.29 is 19.4 Å². The maximum Gasteiger partial charge on any atom is 0.230 e. The Morgan fingerprint density at radius 1 is 1.72 bits per heavy atom. The van der Waals surface area contributed by atoms with E-state index in [0.29, 0.717) is 6.54 Å². The maximum atomic E-state index is 12.4. The molecule has 0 aromatic rings. The van der Waals surface area contributed by atoms with Gasteiger partial charge in [0.15, 0.2) is 0 Å². The Bertz CT molecular complexity index is 446. The molecule has 0 unspecified atom stereocenters. The number of carbonyl (C=O) groups is 2. The molecule has 5 atom stereocenters. The summed E-state index contributed by atoms with van der Waals surface area (Å²) in [6.45, 7) is 4.44. The minimum Gasteiger partial charge on any atom is -0.550 e. The van der Waals surface area contributed by atoms with Crippen LogP contribution in [0.3, 0.4) is 0 Å². The van der Waals surface area contributed by atoms with Crippen LogP contribution in [0.25, 0.3) is 0 Å². The molecule has 2 saturated heterocycles. The molecule has 5 heteroatoms. The number of ether oxygens (including phenoxy) is 1. The average Bonchev–Trinajstić information content (AvgIpc) is 2.96. The van der Waals surface area contributed by atoms with Gasteiger partial charge in [0.25, 0.3) is 0 Å². The lowest BCUT2D eigenvalue weighted by Crippen LogP contribution is -2.45. The van der Waals surface area contributed by atoms with Gasteiger partial charge in [0.2, 0.25) is 5.91 Å². The minimum absolute atomic E-state index is 0.106. The monoisotopic (exact) mass is 250 g/mol. The van der Waals surface area contributed by atoms with Crippen molar-refractivity contribution in [2.45, 2.75) is 38.0 Å². The lowest BCUT2D eigenvalue weighted by Gasteiger charge is -2.26. The number of hydrogen-bond acceptors (Lipinski definition) is 4. The zero-order valence-electron chi connectivity index (χ0n) is 10.5. The summed E-state index contributed by atoms with van der Waals surface area (Å²) < 4.78 is 5.76. The van der Waals surface area contributed by atoms with Crippen LogP contribution in [0.15, 0.2) is 12.2 Å². The first-order valence-electron chi connectivity index (χ1n) is 6.38. The minimum atomic E-state index is -1.18. The summed E-state index contributed by atoms with van der Waals surface area (Å²) in [7, 11) is 0. The van der Waals surface area contributed by atoms with Crippen LogP contribution in [0.1, 0.15) is 20.3 Å². The van der Waals surface area contributed by atoms with Gasteiger partial charge in [-0.2, -0.15) is 0 Å². The van der Waals surface area contributed by atoms with Crippen LogP contribution in [0.4, 0.5) is 0 Å². The number of rotatable bonds is 3. The third-order valence-electron chi connectivity index (χ3n) is 4.52. The van der Waals surface area contributed by atoms with Gasteiger partial charge in [-0.1, -0.05) is 19.1 Å². The number of likely N-dealkylation sites (tertiary alicyclic amines) is 1. The van der Waals surface area contributed by atoms with Crippen molar-refractivity contribution in [1.29, 1.82) is 0 Å². The molecule has 18 heavy (non-hydrogen) atoms. The highest BCUT2D eigenvalue weighted by molar-refractivity contribution is 5.90. The van der Waals surface area contributed by atoms with Gasteiger partial charge >= 0.3 is 0 Å². The second-order valence-corrected chi connectivity index (χ2v) is 5.44. The number of hydrogen-bond donors (Lipinski definition) is 0. The summed E-state index contributed by atoms with van der Waals surface area (Å²) in [6.07, 6.45) is 3.97. The summed E-state index contributed by atoms with van der Waals surface area (Å²) >= 11 is 0. The average molecular weight is 250 g/mol. The Morgan fingerprint density at radius 3 is 3.06 bits per heavy atom. The number of carbonyl (C=O) groups excluding carboxylic acids is 2. The van der Waals surface area contributed by atoms with E-state index in [0.717, 1.165) is 6.42 Å². The second-order valence-electron chi connectivity index (χ2n) is 5.44. The molecule has 3 aliphatic heterocycles. The van der Waals surface area contributed by atoms with Crippen molar-refractivity contribution in [3.8, 4) is 0 Å². The standard InChI is InChI=1S/C13H17NO4/c1-3-7(2)14-6-13-5-4-8(18-13)9(12(16)17)10(13)11(14)15/h4-5,7-10H,3,6H2,1-2H3,(H,16,17)/p-1/t7-,8+,9-,10+,13+/m0/s1. The lowest BCUT2D eigenvalue weighted by atomic mass is 9.77. The van der Waals surface area contributed by atoms with Crippen molar-refractivity contribution >= 4 is 11.9 Å². The molecular formula is C13H16NO4-. The zero-order valence-corrected chi connectivity index (χ0v) is 10.5. The molecule has 3 rings (SSSR count). The van der Waals surface area contributed by atoms with E-state index in [2.05, 4.69) is 0 Å². The Morgan fingerprint density at radius 2 is 2.44 bits per heavy atom. The maximum absolute atomic E-state index is 12.4. The predicted molar refractivity (Wildman–Crippen MR) is 60.2 cm³/mol. The first kappa shape index (κ1) is 11.7. The summed E-state index contributed by atoms with van der Waals surface area (Å²) in [6, 6.07) is 0.107. The first-order chi connectivity index (χ1) is 8.50. The molecule has 0 radical (unpaired) electrons. The van der Waals surface area contributed by atoms with Gasteiger partial charge in [0.05, 0.1) is 18.6 Å². The highest BCUT2D eigenvalue weighted by atomic mass is 16.5. The summed E-state index contributed by atoms with van der Waals surface area (Å²) in [5.41, 5.74) is -0.726. The Kier molecular flexibility index (Phi) is 2.32. The molecular weight excluding hydrogens is 234 g/mol. The number of nitrogens with zero attached hydrogens (tertiary/aromatic N) is 1. The van der Waals surface area contributed by atoms with Gasteiger partial charge < -0.3 is 19.5 Å². The van der Waals surface area contributed by atoms with E-state index in [4.69, 9.17) is 4.74 Å². The van der Waals surface area contributed by atoms with E-state index in [-0.39, 0.29) is 11.9 Å². The second kappa shape index (κ2) is 3.57. The van der Waals surface area contributed by atoms with Crippen LogP contribution < -0.4 is 5.11 Å². The van der Waals surface area contributed by atoms with Crippen LogP contribution >= 0.6 is 0 Å². The van der Waals surface area contributed by atoms with Crippen LogP contribution in [-0.4, -0.2) is 41.1 Å². The molecule has 0 aromatic heterocycles. The normalized spacial score (nSPS) is 42.4. The molecule has 0 N–H and O–H groups in total. The molecule has 2 fully saturated rings. The quantitative estimate of drug-likeness (QED) is 0.622. The van der Waals surface area contributed by atoms with Gasteiger partial charge in [-0.25, -0.2) is 0 Å². The molecule has 0 aromatic carbocycles. The summed E-state index contributed by atoms with van der Waals surface area (Å²) in [5.74, 6) is -2.73. The molecule has 0 saturated carbocycles. The van der Waals surface area contributed by atoms with Crippen LogP contribution in [0.2, 0.25) is 0 Å². The van der Waals surface area contributed by atoms with Crippen molar-refractivity contribution in [3.05, 3.63) is 12.2 Å². The highest BCUT2D eigenvalue weighted by Gasteiger charge is 2.65. The van der Waals surface area contributed by atoms with E-state index in [1.165, 1.54) is 0 Å². The van der Waals surface area contributed by atoms with E-state index >= 15 is 0 Å². The molecule has 2 bridgehead atoms. The SMILES string of the molecule is CC[C@H](C)N1C[C@@]23C=C[C@@H](O2)[C@H](C(=O)[O-])[C@@H]3C1=O. The molecule has 98 valence electrons. The Hall–Kier alpha value is -1.36. The van der Waals surface area contributed by atoms with Gasteiger partial charge in [-0.05, 0) is 13.3 Å². The van der Waals surface area contributed by atoms with Crippen molar-refractivity contribution in [2.24, 2.45) is 11.8 Å². The predicted octanol–water partition coefficient (Wildman–Crippen LogP) is -0.683. The van der Waals surface area contributed by atoms with Crippen LogP contribution in [-0.2, 0) is 14.3 Å². The van der Waals surface area contributed by atoms with E-state index in [1.807, 2.05) is 19.9 Å². The third kappa shape index (κ3) is 1.25. The van der Waals surface area contributed by atoms with Crippen molar-refractivity contribution in [1.82, 2.24) is 4.90 Å². The summed E-state index contributed by atoms with van der Waals surface area (Å²) in [5, 5.41) is 11.2. The van der Waals surface area contributed by atoms with Gasteiger partial charge in [0.1, 0.15) is 5.60 Å². The van der Waals surface area contributed by atoms with Gasteiger partial charge in [-0.3, -0.25) is 4.79 Å². The molecule has 1 amide bonds. The van der Waals surface area contributed by atoms with Gasteiger partial charge in [-0.15, -0.1) is 0 Å². The Labute approximate surface area is 105 Å². The summed E-state index contributed by atoms with van der Waals surface area (Å²) in [4.78, 5) is 25.4. The molecule has 3 aliphatic rings. The Balaban J connectivity index is 1.97. The fourth-order valence-electron chi connectivity index (χ4n) is 3.39. The number of amides is 1. The zero-order chi connectivity index (χ0) is 13.1. The number of carboxylic acids is 1. The number of carboxylic acid groups (broad SMARTS) is 1. The fourth-order valence-corrected chi connectivity index (χ4v) is 3.39. The van der Waals surface area contributed by atoms with Gasteiger partial charge in [0, 0.05) is 17.9 Å².